The van der Waals surface area contributed by atoms with Gasteiger partial charge < -0.3 is 14.2 Å². The number of para-hydroxylation sites is 1. The fourth-order valence-corrected chi connectivity index (χ4v) is 5.79. The van der Waals surface area contributed by atoms with Crippen molar-refractivity contribution in [3.8, 4) is 0 Å². The lowest BCUT2D eigenvalue weighted by molar-refractivity contribution is -0.126. The van der Waals surface area contributed by atoms with E-state index in [0.29, 0.717) is 39.8 Å². The van der Waals surface area contributed by atoms with Gasteiger partial charge in [0.05, 0.1) is 16.6 Å². The Morgan fingerprint density at radius 2 is 1.69 bits per heavy atom. The first-order chi connectivity index (χ1) is 17.4. The van der Waals surface area contributed by atoms with Gasteiger partial charge in [-0.3, -0.25) is 14.4 Å². The topological polar surface area (TPSA) is 70.8 Å². The lowest BCUT2D eigenvalue weighted by atomic mass is 9.83. The molecule has 2 aliphatic rings. The summed E-state index contributed by atoms with van der Waals surface area (Å²) in [4.78, 5) is 45.6. The number of nitrogens with zero attached hydrogens (tertiary/aromatic N) is 2. The van der Waals surface area contributed by atoms with E-state index >= 15 is 0 Å². The monoisotopic (exact) mass is 518 g/mol. The highest BCUT2D eigenvalue weighted by Crippen LogP contribution is 2.53. The molecule has 180 valence electrons. The van der Waals surface area contributed by atoms with Crippen molar-refractivity contribution in [2.45, 2.75) is 25.4 Å². The molecule has 0 radical (unpaired) electrons. The molecule has 1 aromatic heterocycles. The first-order valence-electron chi connectivity index (χ1n) is 11.6. The molecular formula is C28H20Cl2N2O4. The Labute approximate surface area is 216 Å². The third kappa shape index (κ3) is 2.95. The average Bonchev–Trinajstić information content (AvgIpc) is 3.26. The molecule has 1 spiro atoms. The van der Waals surface area contributed by atoms with Crippen molar-refractivity contribution in [3.05, 3.63) is 109 Å². The minimum absolute atomic E-state index is 0.0132. The van der Waals surface area contributed by atoms with Crippen molar-refractivity contribution in [3.63, 3.8) is 0 Å². The number of benzene rings is 3. The summed E-state index contributed by atoms with van der Waals surface area (Å²) in [5.74, 6) is -1.04. The fraction of sp³-hybridized carbons (Fsp3) is 0.179. The predicted octanol–water partition coefficient (Wildman–Crippen LogP) is 5.76. The van der Waals surface area contributed by atoms with Gasteiger partial charge in [0.15, 0.2) is 11.0 Å². The van der Waals surface area contributed by atoms with Gasteiger partial charge >= 0.3 is 0 Å². The summed E-state index contributed by atoms with van der Waals surface area (Å²) in [7, 11) is 0. The van der Waals surface area contributed by atoms with E-state index in [1.54, 1.807) is 47.4 Å². The van der Waals surface area contributed by atoms with Crippen LogP contribution in [0.4, 0.5) is 5.69 Å². The number of rotatable bonds is 4. The van der Waals surface area contributed by atoms with Crippen LogP contribution in [0.2, 0.25) is 10.0 Å². The molecule has 1 atom stereocenters. The van der Waals surface area contributed by atoms with Crippen LogP contribution in [0.15, 0.2) is 75.9 Å². The van der Waals surface area contributed by atoms with Gasteiger partial charge in [-0.1, -0.05) is 66.5 Å². The Balaban J connectivity index is 1.71. The van der Waals surface area contributed by atoms with Crippen molar-refractivity contribution in [1.29, 1.82) is 0 Å². The number of hydrogen-bond donors (Lipinski definition) is 0. The van der Waals surface area contributed by atoms with Crippen molar-refractivity contribution < 1.29 is 14.0 Å². The summed E-state index contributed by atoms with van der Waals surface area (Å²) < 4.78 is 6.04. The van der Waals surface area contributed by atoms with Crippen LogP contribution in [0.25, 0.3) is 11.0 Å². The van der Waals surface area contributed by atoms with Crippen LogP contribution in [-0.2, 0) is 16.9 Å². The van der Waals surface area contributed by atoms with Gasteiger partial charge in [-0.25, -0.2) is 0 Å². The smallest absolute Gasteiger partial charge is 0.291 e. The molecule has 6 rings (SSSR count). The molecule has 0 bridgehead atoms. The van der Waals surface area contributed by atoms with Crippen molar-refractivity contribution in [2.24, 2.45) is 0 Å². The molecule has 0 saturated carbocycles. The van der Waals surface area contributed by atoms with E-state index in [-0.39, 0.29) is 34.7 Å². The van der Waals surface area contributed by atoms with Crippen LogP contribution in [0.1, 0.15) is 40.6 Å². The molecule has 0 aliphatic carbocycles. The number of hydrogen-bond acceptors (Lipinski definition) is 4. The molecular weight excluding hydrogens is 499 g/mol. The fourth-order valence-electron chi connectivity index (χ4n) is 5.43. The van der Waals surface area contributed by atoms with Gasteiger partial charge in [0.2, 0.25) is 5.76 Å². The van der Waals surface area contributed by atoms with Crippen LogP contribution in [0, 0.1) is 0 Å². The van der Waals surface area contributed by atoms with E-state index in [1.165, 1.54) is 11.0 Å². The van der Waals surface area contributed by atoms with Gasteiger partial charge in [-0.15, -0.1) is 0 Å². The van der Waals surface area contributed by atoms with E-state index in [1.807, 2.05) is 25.1 Å². The van der Waals surface area contributed by atoms with Gasteiger partial charge in [0.25, 0.3) is 11.8 Å². The molecule has 3 heterocycles. The van der Waals surface area contributed by atoms with Gasteiger partial charge in [-0.2, -0.15) is 0 Å². The number of halogens is 2. The molecule has 36 heavy (non-hydrogen) atoms. The molecule has 0 saturated heterocycles. The summed E-state index contributed by atoms with van der Waals surface area (Å²) in [5.41, 5.74) is -0.00457. The molecule has 2 amide bonds. The number of amides is 2. The molecule has 8 heteroatoms. The average molecular weight is 519 g/mol. The lowest BCUT2D eigenvalue weighted by Crippen LogP contribution is -2.53. The van der Waals surface area contributed by atoms with Crippen LogP contribution in [0.3, 0.4) is 0 Å². The summed E-state index contributed by atoms with van der Waals surface area (Å²) in [6.45, 7) is 2.42. The van der Waals surface area contributed by atoms with Crippen LogP contribution < -0.4 is 10.3 Å². The molecule has 1 unspecified atom stereocenters. The van der Waals surface area contributed by atoms with Gasteiger partial charge in [-0.05, 0) is 42.3 Å². The van der Waals surface area contributed by atoms with Crippen molar-refractivity contribution >= 4 is 51.7 Å². The van der Waals surface area contributed by atoms with Crippen LogP contribution >= 0.6 is 23.2 Å². The second kappa shape index (κ2) is 8.22. The summed E-state index contributed by atoms with van der Waals surface area (Å²) in [6, 6.07) is 19.1. The zero-order chi connectivity index (χ0) is 25.2. The maximum Gasteiger partial charge on any atom is 0.291 e. The minimum atomic E-state index is -1.69. The largest absolute Gasteiger partial charge is 0.450 e. The summed E-state index contributed by atoms with van der Waals surface area (Å²) in [6.07, 6.45) is 0.698. The van der Waals surface area contributed by atoms with Crippen LogP contribution in [-0.4, -0.2) is 23.3 Å². The van der Waals surface area contributed by atoms with Crippen molar-refractivity contribution in [2.75, 3.05) is 11.4 Å². The first kappa shape index (κ1) is 22.8. The molecule has 4 aromatic rings. The number of carbonyl (C=O) groups excluding carboxylic acids is 2. The van der Waals surface area contributed by atoms with E-state index in [9.17, 15) is 14.4 Å². The predicted molar refractivity (Wildman–Crippen MR) is 139 cm³/mol. The quantitative estimate of drug-likeness (QED) is 0.344. The van der Waals surface area contributed by atoms with E-state index in [4.69, 9.17) is 27.6 Å². The molecule has 2 aliphatic heterocycles. The first-order valence-corrected chi connectivity index (χ1v) is 12.4. The Morgan fingerprint density at radius 1 is 0.944 bits per heavy atom. The lowest BCUT2D eigenvalue weighted by Gasteiger charge is -2.34. The third-order valence-electron chi connectivity index (χ3n) is 6.93. The molecule has 3 aromatic carbocycles. The van der Waals surface area contributed by atoms with E-state index in [0.717, 1.165) is 0 Å². The number of anilines is 1. The maximum atomic E-state index is 14.4. The zero-order valence-corrected chi connectivity index (χ0v) is 20.8. The molecule has 0 fully saturated rings. The summed E-state index contributed by atoms with van der Waals surface area (Å²) >= 11 is 12.7. The Morgan fingerprint density at radius 3 is 2.47 bits per heavy atom. The number of carbonyl (C=O) groups is 2. The highest BCUT2D eigenvalue weighted by molar-refractivity contribution is 6.31. The van der Waals surface area contributed by atoms with Gasteiger partial charge in [0, 0.05) is 28.7 Å². The summed E-state index contributed by atoms with van der Waals surface area (Å²) in [5, 5.41) is 1.02. The van der Waals surface area contributed by atoms with Crippen LogP contribution in [0.5, 0.6) is 0 Å². The van der Waals surface area contributed by atoms with Crippen molar-refractivity contribution in [1.82, 2.24) is 4.90 Å². The highest BCUT2D eigenvalue weighted by atomic mass is 35.5. The zero-order valence-electron chi connectivity index (χ0n) is 19.3. The highest BCUT2D eigenvalue weighted by Gasteiger charge is 2.64. The standard InChI is InChI=1S/C28H20Cl2N2O4/c1-2-13-31-21-10-6-4-8-19(21)28(27(31)35)23-24(33)18-14-17(29)11-12-22(18)36-25(23)26(34)32(28)15-16-7-3-5-9-20(16)30/h3-12,14H,2,13,15H2,1H3. The molecule has 6 nitrogen and oxygen atoms in total. The van der Waals surface area contributed by atoms with E-state index in [2.05, 4.69) is 0 Å². The third-order valence-corrected chi connectivity index (χ3v) is 7.54. The van der Waals surface area contributed by atoms with E-state index < -0.39 is 16.9 Å². The maximum absolute atomic E-state index is 14.4. The van der Waals surface area contributed by atoms with Gasteiger partial charge in [0.1, 0.15) is 5.58 Å². The Hall–Kier alpha value is -3.61. The second-order valence-corrected chi connectivity index (χ2v) is 9.79. The normalized spacial score (nSPS) is 18.4. The Kier molecular flexibility index (Phi) is 5.21. The second-order valence-electron chi connectivity index (χ2n) is 8.94. The molecule has 0 N–H and O–H groups in total. The Bertz CT molecular complexity index is 1650. The number of fused-ring (bicyclic) bond motifs is 5. The SMILES string of the molecule is CCCN1C(=O)C2(c3ccccc31)c1c(oc3ccc(Cl)cc3c1=O)C(=O)N2Cc1ccccc1Cl. The minimum Gasteiger partial charge on any atom is -0.450 e.